The molecule has 0 aliphatic heterocycles. The number of hydrogen-bond acceptors (Lipinski definition) is 5. The Bertz CT molecular complexity index is 162. The molecule has 1 radical (unpaired) electrons. The van der Waals surface area contributed by atoms with Crippen LogP contribution < -0.4 is 0 Å². The fourth-order valence-electron chi connectivity index (χ4n) is 1.25. The van der Waals surface area contributed by atoms with E-state index in [9.17, 15) is 10.2 Å². The summed E-state index contributed by atoms with van der Waals surface area (Å²) >= 11 is 0. The summed E-state index contributed by atoms with van der Waals surface area (Å²) in [5.74, 6) is 0. The van der Waals surface area contributed by atoms with Crippen LogP contribution >= 0.6 is 0 Å². The zero-order chi connectivity index (χ0) is 9.35. The lowest BCUT2D eigenvalue weighted by Crippen LogP contribution is -2.59. The molecule has 12 heavy (non-hydrogen) atoms. The molecule has 0 heterocycles. The average molecular weight is 177 g/mol. The Morgan fingerprint density at radius 3 is 2.42 bits per heavy atom. The standard InChI is InChI=1S/C7H13O5/c8-3-7(12)2-1-4(9)5(10)6(7)11/h1,4-6,8-12H,2-3H2. The molecular weight excluding hydrogens is 164 g/mol. The maximum atomic E-state index is 9.43. The van der Waals surface area contributed by atoms with Crippen molar-refractivity contribution >= 4 is 0 Å². The van der Waals surface area contributed by atoms with E-state index in [1.165, 1.54) is 6.42 Å². The van der Waals surface area contributed by atoms with E-state index in [1.54, 1.807) is 0 Å². The molecule has 71 valence electrons. The minimum absolute atomic E-state index is 0.0388. The molecule has 1 fully saturated rings. The first-order valence-electron chi connectivity index (χ1n) is 3.72. The van der Waals surface area contributed by atoms with Crippen LogP contribution in [-0.4, -0.2) is 56.1 Å². The van der Waals surface area contributed by atoms with Gasteiger partial charge >= 0.3 is 0 Å². The van der Waals surface area contributed by atoms with Crippen molar-refractivity contribution in [1.82, 2.24) is 0 Å². The smallest absolute Gasteiger partial charge is 0.116 e. The van der Waals surface area contributed by atoms with E-state index in [0.29, 0.717) is 0 Å². The zero-order valence-corrected chi connectivity index (χ0v) is 6.46. The summed E-state index contributed by atoms with van der Waals surface area (Å²) in [6.45, 7) is -0.644. The van der Waals surface area contributed by atoms with Crippen LogP contribution in [0.15, 0.2) is 0 Å². The van der Waals surface area contributed by atoms with E-state index in [0.717, 1.165) is 0 Å². The predicted molar refractivity (Wildman–Crippen MR) is 39.0 cm³/mol. The van der Waals surface area contributed by atoms with Crippen LogP contribution in [0.4, 0.5) is 0 Å². The molecule has 0 aromatic heterocycles. The number of aliphatic hydroxyl groups excluding tert-OH is 4. The van der Waals surface area contributed by atoms with Crippen molar-refractivity contribution < 1.29 is 25.5 Å². The third-order valence-electron chi connectivity index (χ3n) is 2.21. The molecule has 1 rings (SSSR count). The first-order chi connectivity index (χ1) is 5.51. The van der Waals surface area contributed by atoms with Gasteiger partial charge in [-0.1, -0.05) is 0 Å². The highest BCUT2D eigenvalue weighted by atomic mass is 16.4. The van der Waals surface area contributed by atoms with Gasteiger partial charge in [-0.25, -0.2) is 0 Å². The first kappa shape index (κ1) is 9.88. The summed E-state index contributed by atoms with van der Waals surface area (Å²) in [6, 6.07) is 0. The summed E-state index contributed by atoms with van der Waals surface area (Å²) in [5, 5.41) is 45.5. The minimum Gasteiger partial charge on any atom is -0.393 e. The second kappa shape index (κ2) is 3.27. The summed E-state index contributed by atoms with van der Waals surface area (Å²) in [4.78, 5) is 0. The molecule has 1 aliphatic carbocycles. The molecule has 0 bridgehead atoms. The molecule has 0 amide bonds. The molecule has 1 saturated carbocycles. The molecule has 5 nitrogen and oxygen atoms in total. The van der Waals surface area contributed by atoms with Crippen LogP contribution in [-0.2, 0) is 0 Å². The number of rotatable bonds is 1. The van der Waals surface area contributed by atoms with Crippen molar-refractivity contribution in [3.63, 3.8) is 0 Å². The normalized spacial score (nSPS) is 49.2. The molecule has 5 heteroatoms. The summed E-state index contributed by atoms with van der Waals surface area (Å²) < 4.78 is 0. The van der Waals surface area contributed by atoms with Crippen molar-refractivity contribution in [1.29, 1.82) is 0 Å². The molecule has 0 aromatic rings. The Labute approximate surface area is 69.9 Å². The maximum absolute atomic E-state index is 9.43. The second-order valence-corrected chi connectivity index (χ2v) is 3.13. The van der Waals surface area contributed by atoms with Crippen LogP contribution in [0.1, 0.15) is 6.42 Å². The van der Waals surface area contributed by atoms with Gasteiger partial charge in [-0.2, -0.15) is 0 Å². The van der Waals surface area contributed by atoms with Gasteiger partial charge in [0.05, 0.1) is 12.7 Å². The molecule has 5 N–H and O–H groups in total. The lowest BCUT2D eigenvalue weighted by molar-refractivity contribution is -0.182. The average Bonchev–Trinajstić information content (AvgIpc) is 2.09. The Morgan fingerprint density at radius 2 is 1.92 bits per heavy atom. The van der Waals surface area contributed by atoms with Crippen molar-refractivity contribution in [2.24, 2.45) is 0 Å². The highest BCUT2D eigenvalue weighted by Gasteiger charge is 2.46. The van der Waals surface area contributed by atoms with Gasteiger partial charge in [-0.05, 0) is 12.8 Å². The lowest BCUT2D eigenvalue weighted by Gasteiger charge is -2.40. The fraction of sp³-hybridized carbons (Fsp3) is 0.857. The molecule has 4 atom stereocenters. The molecular formula is C7H13O5. The molecule has 0 aromatic carbocycles. The molecule has 0 spiro atoms. The van der Waals surface area contributed by atoms with Gasteiger partial charge in [0.25, 0.3) is 0 Å². The van der Waals surface area contributed by atoms with Crippen LogP contribution in [0, 0.1) is 6.42 Å². The Hall–Kier alpha value is -0.200. The zero-order valence-electron chi connectivity index (χ0n) is 6.46. The van der Waals surface area contributed by atoms with Gasteiger partial charge < -0.3 is 25.5 Å². The van der Waals surface area contributed by atoms with E-state index in [-0.39, 0.29) is 6.42 Å². The molecule has 4 unspecified atom stereocenters. The SMILES string of the molecule is OCC1(O)C[CH]C(O)C(O)C1O. The van der Waals surface area contributed by atoms with Crippen molar-refractivity contribution in [3.8, 4) is 0 Å². The molecule has 1 aliphatic rings. The van der Waals surface area contributed by atoms with E-state index in [4.69, 9.17) is 15.3 Å². The maximum Gasteiger partial charge on any atom is 0.116 e. The summed E-state index contributed by atoms with van der Waals surface area (Å²) in [6.07, 6.45) is -2.87. The molecule has 0 saturated heterocycles. The number of hydrogen-bond donors (Lipinski definition) is 5. The second-order valence-electron chi connectivity index (χ2n) is 3.13. The quantitative estimate of drug-likeness (QED) is 0.302. The fourth-order valence-corrected chi connectivity index (χ4v) is 1.25. The predicted octanol–water partition coefficient (Wildman–Crippen LogP) is -2.60. The van der Waals surface area contributed by atoms with E-state index >= 15 is 0 Å². The largest absolute Gasteiger partial charge is 0.393 e. The van der Waals surface area contributed by atoms with Gasteiger partial charge in [-0.3, -0.25) is 0 Å². The van der Waals surface area contributed by atoms with Gasteiger partial charge in [0.2, 0.25) is 0 Å². The monoisotopic (exact) mass is 177 g/mol. The highest BCUT2D eigenvalue weighted by molar-refractivity contribution is 5.05. The number of aliphatic hydroxyl groups is 5. The van der Waals surface area contributed by atoms with E-state index in [2.05, 4.69) is 0 Å². The first-order valence-corrected chi connectivity index (χ1v) is 3.72. The summed E-state index contributed by atoms with van der Waals surface area (Å²) in [5.41, 5.74) is -1.72. The van der Waals surface area contributed by atoms with Gasteiger partial charge in [0.1, 0.15) is 17.8 Å². The van der Waals surface area contributed by atoms with E-state index in [1.807, 2.05) is 0 Å². The Kier molecular flexibility index (Phi) is 2.70. The van der Waals surface area contributed by atoms with E-state index < -0.39 is 30.5 Å². The van der Waals surface area contributed by atoms with Gasteiger partial charge in [0, 0.05) is 0 Å². The van der Waals surface area contributed by atoms with Crippen LogP contribution in [0.2, 0.25) is 0 Å². The van der Waals surface area contributed by atoms with Crippen LogP contribution in [0.5, 0.6) is 0 Å². The van der Waals surface area contributed by atoms with Gasteiger partial charge in [0.15, 0.2) is 0 Å². The van der Waals surface area contributed by atoms with Crippen molar-refractivity contribution in [3.05, 3.63) is 6.42 Å². The van der Waals surface area contributed by atoms with Crippen molar-refractivity contribution in [2.75, 3.05) is 6.61 Å². The highest BCUT2D eigenvalue weighted by Crippen LogP contribution is 2.27. The topological polar surface area (TPSA) is 101 Å². The van der Waals surface area contributed by atoms with Crippen LogP contribution in [0.3, 0.4) is 0 Å². The minimum atomic E-state index is -1.72. The third kappa shape index (κ3) is 1.46. The Balaban J connectivity index is 2.71. The van der Waals surface area contributed by atoms with Gasteiger partial charge in [-0.15, -0.1) is 0 Å². The lowest BCUT2D eigenvalue weighted by atomic mass is 9.79. The Morgan fingerprint density at radius 1 is 1.33 bits per heavy atom. The third-order valence-corrected chi connectivity index (χ3v) is 2.21. The van der Waals surface area contributed by atoms with Crippen molar-refractivity contribution in [2.45, 2.75) is 30.3 Å². The van der Waals surface area contributed by atoms with Crippen LogP contribution in [0.25, 0.3) is 0 Å². The summed E-state index contributed by atoms with van der Waals surface area (Å²) in [7, 11) is 0.